The van der Waals surface area contributed by atoms with Crippen molar-refractivity contribution >= 4 is 37.3 Å². The second-order valence-electron chi connectivity index (χ2n) is 1.99. The fourth-order valence-corrected chi connectivity index (χ4v) is 2.36. The molecule has 0 fully saturated rings. The Labute approximate surface area is 95.7 Å². The van der Waals surface area contributed by atoms with Crippen LogP contribution >= 0.6 is 0 Å². The van der Waals surface area contributed by atoms with Crippen LogP contribution in [0, 0.1) is 0 Å². The third-order valence-electron chi connectivity index (χ3n) is 0.463. The molecule has 0 radical (unpaired) electrons. The Balaban J connectivity index is 0. The summed E-state index contributed by atoms with van der Waals surface area (Å²) in [7, 11) is -27.4. The van der Waals surface area contributed by atoms with E-state index in [0.29, 0.717) is 0 Å². The summed E-state index contributed by atoms with van der Waals surface area (Å²) in [6.07, 6.45) is 0. The Morgan fingerprint density at radius 3 is 0.444 bits per heavy atom. The molecule has 0 aliphatic carbocycles. The molecular weight excluding hydrogens is 372 g/mol. The average Bonchev–Trinajstić information content (AvgIpc) is 1.64. The van der Waals surface area contributed by atoms with Crippen molar-refractivity contribution in [2.75, 3.05) is 0 Å². The van der Waals surface area contributed by atoms with Gasteiger partial charge in [-0.05, 0) is 0 Å². The molecule has 0 aliphatic heterocycles. The first-order valence-electron chi connectivity index (χ1n) is 3.08. The first-order valence-corrected chi connectivity index (χ1v) is 9.25. The molecule has 0 aliphatic rings. The van der Waals surface area contributed by atoms with E-state index in [9.17, 15) is 49.3 Å². The molecule has 0 amide bonds. The van der Waals surface area contributed by atoms with E-state index in [4.69, 9.17) is 0 Å². The van der Waals surface area contributed by atoms with Gasteiger partial charge < -0.3 is 8.23 Å². The molecule has 0 N–H and O–H groups in total. The van der Waals surface area contributed by atoms with E-state index in [1.807, 2.05) is 8.23 Å². The molecule has 0 spiro atoms. The Hall–Kier alpha value is -0.0525. The van der Waals surface area contributed by atoms with Crippen LogP contribution in [0.2, 0.25) is 0 Å². The van der Waals surface area contributed by atoms with E-state index in [2.05, 4.69) is 0 Å². The first-order chi connectivity index (χ1) is 7.41. The van der Waals surface area contributed by atoms with Gasteiger partial charge in [-0.25, -0.2) is 49.3 Å². The lowest BCUT2D eigenvalue weighted by molar-refractivity contribution is 0.199. The van der Waals surface area contributed by atoms with Crippen LogP contribution in [0.4, 0.5) is 49.3 Å². The van der Waals surface area contributed by atoms with Gasteiger partial charge in [0.05, 0.1) is 0 Å². The van der Waals surface area contributed by atoms with Gasteiger partial charge in [0.2, 0.25) is 0 Å². The SMILES string of the molecule is F[Si](F)(F)O[Si](F)(F)F.F[Si](F)(F)O[Si](F)(F)F. The minimum atomic E-state index is -6.86. The van der Waals surface area contributed by atoms with Crippen molar-refractivity contribution in [2.45, 2.75) is 0 Å². The van der Waals surface area contributed by atoms with E-state index in [1.54, 1.807) is 0 Å². The van der Waals surface area contributed by atoms with E-state index < -0.39 is 37.3 Å². The number of hydrogen-bond donors (Lipinski definition) is 0. The van der Waals surface area contributed by atoms with Crippen molar-refractivity contribution in [3.63, 3.8) is 0 Å². The predicted octanol–water partition coefficient (Wildman–Crippen LogP) is 3.38. The van der Waals surface area contributed by atoms with Crippen LogP contribution in [0.5, 0.6) is 0 Å². The summed E-state index contributed by atoms with van der Waals surface area (Å²) in [6.45, 7) is 0. The molecule has 0 atom stereocenters. The van der Waals surface area contributed by atoms with Gasteiger partial charge in [0.15, 0.2) is 0 Å². The second-order valence-corrected chi connectivity index (χ2v) is 7.19. The standard InChI is InChI=1S/2F6OSi2/c2*1-8(2,3)7-9(4,5)6. The molecule has 0 aromatic carbocycles. The van der Waals surface area contributed by atoms with Crippen molar-refractivity contribution in [3.05, 3.63) is 0 Å². The molecule has 0 aromatic rings. The largest absolute Gasteiger partial charge is 0.797 e. The maximum atomic E-state index is 10.8. The van der Waals surface area contributed by atoms with Crippen molar-refractivity contribution in [1.82, 2.24) is 0 Å². The normalized spacial score (nSPS) is 14.0. The quantitative estimate of drug-likeness (QED) is 0.428. The molecule has 0 saturated carbocycles. The summed E-state index contributed by atoms with van der Waals surface area (Å²) in [5, 5.41) is 0. The zero-order chi connectivity index (χ0) is 15.4. The molecule has 0 aromatic heterocycles. The average molecular weight is 372 g/mol. The zero-order valence-electron chi connectivity index (χ0n) is 7.35. The zero-order valence-corrected chi connectivity index (χ0v) is 11.4. The van der Waals surface area contributed by atoms with Gasteiger partial charge in [-0.1, -0.05) is 0 Å². The Bertz CT molecular complexity index is 178. The van der Waals surface area contributed by atoms with Gasteiger partial charge >= 0.3 is 37.3 Å². The van der Waals surface area contributed by atoms with Gasteiger partial charge in [0.25, 0.3) is 0 Å². The van der Waals surface area contributed by atoms with Gasteiger partial charge in [-0.15, -0.1) is 0 Å². The van der Waals surface area contributed by atoms with E-state index in [-0.39, 0.29) is 0 Å². The third-order valence-corrected chi connectivity index (χ3v) is 4.17. The van der Waals surface area contributed by atoms with Gasteiger partial charge in [0, 0.05) is 0 Å². The summed E-state index contributed by atoms with van der Waals surface area (Å²) in [5.41, 5.74) is 0. The summed E-state index contributed by atoms with van der Waals surface area (Å²) < 4.78 is 133. The molecule has 0 bridgehead atoms. The van der Waals surface area contributed by atoms with Crippen LogP contribution in [0.25, 0.3) is 0 Å². The highest BCUT2D eigenvalue weighted by molar-refractivity contribution is 6.66. The molecule has 18 heavy (non-hydrogen) atoms. The van der Waals surface area contributed by atoms with Crippen LogP contribution in [0.15, 0.2) is 0 Å². The van der Waals surface area contributed by atoms with Gasteiger partial charge in [-0.2, -0.15) is 0 Å². The third kappa shape index (κ3) is 25.0. The highest BCUT2D eigenvalue weighted by atomic mass is 28.6. The van der Waals surface area contributed by atoms with Crippen LogP contribution in [0.1, 0.15) is 0 Å². The summed E-state index contributed by atoms with van der Waals surface area (Å²) in [5.74, 6) is 0. The van der Waals surface area contributed by atoms with Crippen LogP contribution in [-0.4, -0.2) is 37.3 Å². The topological polar surface area (TPSA) is 18.5 Å². The minimum absolute atomic E-state index is 1.90. The molecular formula is F12O2Si4. The van der Waals surface area contributed by atoms with E-state index in [0.717, 1.165) is 0 Å². The number of rotatable bonds is 4. The summed E-state index contributed by atoms with van der Waals surface area (Å²) >= 11 is 0. The minimum Gasteiger partial charge on any atom is -0.307 e. The smallest absolute Gasteiger partial charge is 0.307 e. The molecule has 0 saturated heterocycles. The van der Waals surface area contributed by atoms with Gasteiger partial charge in [-0.3, -0.25) is 0 Å². The van der Waals surface area contributed by atoms with E-state index in [1.165, 1.54) is 0 Å². The lowest BCUT2D eigenvalue weighted by atomic mass is 15.8. The fraction of sp³-hybridized carbons (Fsp3) is 0. The molecule has 0 heterocycles. The maximum absolute atomic E-state index is 10.8. The highest BCUT2D eigenvalue weighted by Gasteiger charge is 2.58. The Morgan fingerprint density at radius 2 is 0.444 bits per heavy atom. The van der Waals surface area contributed by atoms with Crippen molar-refractivity contribution < 1.29 is 57.5 Å². The second kappa shape index (κ2) is 6.40. The molecule has 112 valence electrons. The van der Waals surface area contributed by atoms with Gasteiger partial charge in [0.1, 0.15) is 0 Å². The van der Waals surface area contributed by atoms with Crippen LogP contribution < -0.4 is 0 Å². The van der Waals surface area contributed by atoms with Crippen molar-refractivity contribution in [2.24, 2.45) is 0 Å². The molecule has 18 heteroatoms. The summed E-state index contributed by atoms with van der Waals surface area (Å²) in [4.78, 5) is 0. The number of halogens is 12. The number of hydrogen-bond acceptors (Lipinski definition) is 2. The molecule has 2 nitrogen and oxygen atoms in total. The van der Waals surface area contributed by atoms with Crippen molar-refractivity contribution in [1.29, 1.82) is 0 Å². The lowest BCUT2D eigenvalue weighted by Crippen LogP contribution is -2.34. The summed E-state index contributed by atoms with van der Waals surface area (Å²) in [6, 6.07) is 0. The Kier molecular flexibility index (Phi) is 7.21. The van der Waals surface area contributed by atoms with Crippen LogP contribution in [-0.2, 0) is 8.23 Å². The maximum Gasteiger partial charge on any atom is 0.797 e. The molecule has 0 unspecified atom stereocenters. The fourth-order valence-electron chi connectivity index (χ4n) is 0.262. The van der Waals surface area contributed by atoms with E-state index >= 15 is 0 Å². The Morgan fingerprint density at radius 1 is 0.333 bits per heavy atom. The predicted molar refractivity (Wildman–Crippen MR) is 38.5 cm³/mol. The molecule has 0 rings (SSSR count). The first kappa shape index (κ1) is 20.3. The monoisotopic (exact) mass is 372 g/mol. The lowest BCUT2D eigenvalue weighted by Gasteiger charge is -2.02. The highest BCUT2D eigenvalue weighted by Crippen LogP contribution is 2.21. The van der Waals surface area contributed by atoms with Crippen LogP contribution in [0.3, 0.4) is 0 Å². The van der Waals surface area contributed by atoms with Crippen molar-refractivity contribution in [3.8, 4) is 0 Å².